The molecule has 8 nitrogen and oxygen atoms in total. The van der Waals surface area contributed by atoms with E-state index in [2.05, 4.69) is 5.32 Å². The first-order chi connectivity index (χ1) is 15.6. The van der Waals surface area contributed by atoms with Crippen molar-refractivity contribution in [3.05, 3.63) is 59.1 Å². The number of nitrogen functional groups attached to an aromatic ring is 1. The molecule has 164 valence electrons. The van der Waals surface area contributed by atoms with Crippen molar-refractivity contribution in [3.63, 3.8) is 0 Å². The minimum absolute atomic E-state index is 0.259. The highest BCUT2D eigenvalue weighted by molar-refractivity contribution is 6.30. The molecule has 3 heterocycles. The van der Waals surface area contributed by atoms with Crippen LogP contribution in [0.4, 0.5) is 5.82 Å². The number of morpholine rings is 1. The number of fused-ring (bicyclic) bond motifs is 2. The summed E-state index contributed by atoms with van der Waals surface area (Å²) in [7, 11) is 0. The Hall–Kier alpha value is -3.20. The van der Waals surface area contributed by atoms with Gasteiger partial charge in [-0.3, -0.25) is 9.36 Å². The summed E-state index contributed by atoms with van der Waals surface area (Å²) in [4.78, 5) is 24.2. The van der Waals surface area contributed by atoms with E-state index >= 15 is 0 Å². The number of ether oxygens (including phenoxy) is 1. The molecule has 0 spiro atoms. The fraction of sp³-hybridized carbons (Fsp3) is 0.261. The van der Waals surface area contributed by atoms with Crippen molar-refractivity contribution in [3.8, 4) is 5.69 Å². The summed E-state index contributed by atoms with van der Waals surface area (Å²) in [5, 5.41) is 3.58. The summed E-state index contributed by atoms with van der Waals surface area (Å²) in [5.74, 6) is 0.0271. The number of nitrogens with one attached hydrogen (secondary N) is 2. The van der Waals surface area contributed by atoms with Crippen molar-refractivity contribution in [2.75, 3.05) is 45.1 Å². The van der Waals surface area contributed by atoms with Crippen LogP contribution in [0.5, 0.6) is 0 Å². The Morgan fingerprint density at radius 2 is 1.88 bits per heavy atom. The number of quaternary nitrogens is 1. The van der Waals surface area contributed by atoms with Crippen LogP contribution in [0.3, 0.4) is 0 Å². The zero-order chi connectivity index (χ0) is 22.1. The first-order valence-corrected chi connectivity index (χ1v) is 11.0. The molecular formula is C23H24ClN6O2+. The van der Waals surface area contributed by atoms with Crippen molar-refractivity contribution < 1.29 is 14.4 Å². The number of benzene rings is 2. The summed E-state index contributed by atoms with van der Waals surface area (Å²) in [6.07, 6.45) is 0. The summed E-state index contributed by atoms with van der Waals surface area (Å²) in [5.41, 5.74) is 10.0. The van der Waals surface area contributed by atoms with Gasteiger partial charge in [-0.2, -0.15) is 0 Å². The van der Waals surface area contributed by atoms with Crippen LogP contribution in [0.1, 0.15) is 10.4 Å². The van der Waals surface area contributed by atoms with Gasteiger partial charge in [-0.05, 0) is 30.3 Å². The third kappa shape index (κ3) is 3.88. The van der Waals surface area contributed by atoms with Gasteiger partial charge in [0.05, 0.1) is 43.0 Å². The average Bonchev–Trinajstić information content (AvgIpc) is 3.08. The van der Waals surface area contributed by atoms with E-state index in [0.717, 1.165) is 44.1 Å². The van der Waals surface area contributed by atoms with Gasteiger partial charge in [0.1, 0.15) is 30.0 Å². The molecule has 1 fully saturated rings. The normalized spacial score (nSPS) is 14.8. The molecule has 2 aromatic carbocycles. The molecule has 0 bridgehead atoms. The molecule has 1 saturated heterocycles. The molecule has 0 saturated carbocycles. The Bertz CT molecular complexity index is 1300. The maximum Gasteiger partial charge on any atom is 0.257 e. The van der Waals surface area contributed by atoms with Crippen LogP contribution in [0.2, 0.25) is 5.02 Å². The summed E-state index contributed by atoms with van der Waals surface area (Å²) in [6.45, 7) is 4.78. The number of para-hydroxylation sites is 2. The second-order valence-corrected chi connectivity index (χ2v) is 8.26. The third-order valence-corrected chi connectivity index (χ3v) is 5.99. The van der Waals surface area contributed by atoms with Gasteiger partial charge < -0.3 is 20.7 Å². The SMILES string of the molecule is Nc1c(C(=O)NCC[NH+]2CCOCC2)c2nc3ccccc3nc2n1-c1cccc(Cl)c1. The lowest BCUT2D eigenvalue weighted by Gasteiger charge is -2.23. The quantitative estimate of drug-likeness (QED) is 0.426. The summed E-state index contributed by atoms with van der Waals surface area (Å²) >= 11 is 6.22. The summed E-state index contributed by atoms with van der Waals surface area (Å²) in [6, 6.07) is 14.8. The van der Waals surface area contributed by atoms with Gasteiger partial charge in [0.15, 0.2) is 5.65 Å². The fourth-order valence-electron chi connectivity index (χ4n) is 4.11. The van der Waals surface area contributed by atoms with E-state index in [1.165, 1.54) is 4.90 Å². The van der Waals surface area contributed by atoms with E-state index < -0.39 is 0 Å². The van der Waals surface area contributed by atoms with Crippen LogP contribution >= 0.6 is 11.6 Å². The average molecular weight is 452 g/mol. The van der Waals surface area contributed by atoms with Crippen LogP contribution < -0.4 is 16.0 Å². The molecule has 9 heteroatoms. The van der Waals surface area contributed by atoms with Gasteiger partial charge >= 0.3 is 0 Å². The molecule has 4 aromatic rings. The number of aromatic nitrogens is 3. The Morgan fingerprint density at radius 3 is 2.62 bits per heavy atom. The highest BCUT2D eigenvalue weighted by atomic mass is 35.5. The first-order valence-electron chi connectivity index (χ1n) is 10.6. The van der Waals surface area contributed by atoms with E-state index in [4.69, 9.17) is 32.0 Å². The Kier molecular flexibility index (Phi) is 5.65. The Balaban J connectivity index is 1.55. The van der Waals surface area contributed by atoms with Gasteiger partial charge in [-0.25, -0.2) is 9.97 Å². The van der Waals surface area contributed by atoms with Crippen molar-refractivity contribution >= 4 is 45.5 Å². The predicted molar refractivity (Wildman–Crippen MR) is 125 cm³/mol. The van der Waals surface area contributed by atoms with Crippen molar-refractivity contribution in [1.82, 2.24) is 19.9 Å². The second-order valence-electron chi connectivity index (χ2n) is 7.83. The Labute approximate surface area is 189 Å². The number of carbonyl (C=O) groups excluding carboxylic acids is 1. The van der Waals surface area contributed by atoms with Crippen LogP contribution in [-0.2, 0) is 4.74 Å². The fourth-order valence-corrected chi connectivity index (χ4v) is 4.30. The van der Waals surface area contributed by atoms with Crippen LogP contribution in [0, 0.1) is 0 Å². The summed E-state index contributed by atoms with van der Waals surface area (Å²) < 4.78 is 7.14. The van der Waals surface area contributed by atoms with E-state index in [-0.39, 0.29) is 11.7 Å². The molecule has 0 aliphatic carbocycles. The van der Waals surface area contributed by atoms with E-state index in [1.54, 1.807) is 16.7 Å². The number of nitrogens with zero attached hydrogens (tertiary/aromatic N) is 3. The molecule has 1 amide bonds. The molecule has 0 unspecified atom stereocenters. The molecule has 1 aliphatic heterocycles. The van der Waals surface area contributed by atoms with Crippen LogP contribution in [0.15, 0.2) is 48.5 Å². The number of anilines is 1. The van der Waals surface area contributed by atoms with Gasteiger partial charge in [0.25, 0.3) is 5.91 Å². The number of rotatable bonds is 5. The number of nitrogens with two attached hydrogens (primary N) is 1. The lowest BCUT2D eigenvalue weighted by Crippen LogP contribution is -3.14. The number of carbonyl (C=O) groups is 1. The minimum atomic E-state index is -0.259. The Morgan fingerprint density at radius 1 is 1.12 bits per heavy atom. The standard InChI is InChI=1S/C23H23ClN6O2/c24-15-4-3-5-16(14-15)30-21(25)19(23(31)26-8-9-29-10-12-32-13-11-29)20-22(30)28-18-7-2-1-6-17(18)27-20/h1-7,14H,8-13,25H2,(H,26,31)/p+1. The lowest BCUT2D eigenvalue weighted by atomic mass is 10.2. The number of hydrogen-bond donors (Lipinski definition) is 3. The minimum Gasteiger partial charge on any atom is -0.384 e. The second kappa shape index (κ2) is 8.74. The van der Waals surface area contributed by atoms with E-state index in [0.29, 0.717) is 33.8 Å². The largest absolute Gasteiger partial charge is 0.384 e. The highest BCUT2D eigenvalue weighted by Crippen LogP contribution is 2.31. The molecule has 0 radical (unpaired) electrons. The molecule has 1 aliphatic rings. The third-order valence-electron chi connectivity index (χ3n) is 5.76. The van der Waals surface area contributed by atoms with Gasteiger partial charge in [-0.15, -0.1) is 0 Å². The zero-order valence-corrected chi connectivity index (χ0v) is 18.2. The molecule has 0 atom stereocenters. The van der Waals surface area contributed by atoms with Crippen LogP contribution in [0.25, 0.3) is 27.9 Å². The molecule has 2 aromatic heterocycles. The van der Waals surface area contributed by atoms with E-state index in [1.807, 2.05) is 36.4 Å². The van der Waals surface area contributed by atoms with Crippen molar-refractivity contribution in [1.29, 1.82) is 0 Å². The van der Waals surface area contributed by atoms with E-state index in [9.17, 15) is 4.79 Å². The number of amides is 1. The highest BCUT2D eigenvalue weighted by Gasteiger charge is 2.25. The molecular weight excluding hydrogens is 428 g/mol. The molecule has 4 N–H and O–H groups in total. The first kappa shape index (κ1) is 20.7. The van der Waals surface area contributed by atoms with Gasteiger partial charge in [0.2, 0.25) is 0 Å². The zero-order valence-electron chi connectivity index (χ0n) is 17.5. The number of halogens is 1. The maximum absolute atomic E-state index is 13.2. The smallest absolute Gasteiger partial charge is 0.257 e. The van der Waals surface area contributed by atoms with Crippen LogP contribution in [-0.4, -0.2) is 59.8 Å². The predicted octanol–water partition coefficient (Wildman–Crippen LogP) is 1.45. The monoisotopic (exact) mass is 451 g/mol. The molecule has 32 heavy (non-hydrogen) atoms. The lowest BCUT2D eigenvalue weighted by molar-refractivity contribution is -0.906. The number of hydrogen-bond acceptors (Lipinski definition) is 5. The van der Waals surface area contributed by atoms with Gasteiger partial charge in [-0.1, -0.05) is 29.8 Å². The van der Waals surface area contributed by atoms with Gasteiger partial charge in [0, 0.05) is 5.02 Å². The van der Waals surface area contributed by atoms with Crippen molar-refractivity contribution in [2.45, 2.75) is 0 Å². The van der Waals surface area contributed by atoms with Crippen molar-refractivity contribution in [2.24, 2.45) is 0 Å². The maximum atomic E-state index is 13.2. The molecule has 5 rings (SSSR count). The topological polar surface area (TPSA) is 99.5 Å².